The monoisotopic (exact) mass is 401 g/mol. The predicted molar refractivity (Wildman–Crippen MR) is 109 cm³/mol. The van der Waals surface area contributed by atoms with Gasteiger partial charge in [-0.05, 0) is 45.8 Å². The summed E-state index contributed by atoms with van der Waals surface area (Å²) in [5.74, 6) is 0.498. The average Bonchev–Trinajstić information content (AvgIpc) is 3.21. The number of halogens is 1. The number of fused-ring (bicyclic) bond motifs is 3. The van der Waals surface area contributed by atoms with Gasteiger partial charge in [0.1, 0.15) is 6.04 Å². The first-order chi connectivity index (χ1) is 14.2. The fourth-order valence-corrected chi connectivity index (χ4v) is 3.83. The summed E-state index contributed by atoms with van der Waals surface area (Å²) in [4.78, 5) is 15.5. The number of amides is 1. The number of carbonyl (C=O) groups excluding carboxylic acids is 1. The Morgan fingerprint density at radius 1 is 0.897 bits per heavy atom. The molecule has 0 spiro atoms. The summed E-state index contributed by atoms with van der Waals surface area (Å²) in [6.07, 6.45) is 0. The normalized spacial score (nSPS) is 15.6. The highest BCUT2D eigenvalue weighted by atomic mass is 35.5. The molecule has 5 rings (SSSR count). The molecule has 4 aromatic rings. The maximum atomic E-state index is 13.7. The molecule has 0 aliphatic carbocycles. The summed E-state index contributed by atoms with van der Waals surface area (Å²) in [6.45, 7) is 0.425. The number of para-hydroxylation sites is 1. The van der Waals surface area contributed by atoms with Crippen LogP contribution in [0, 0.1) is 0 Å². The molecule has 7 heteroatoms. The van der Waals surface area contributed by atoms with E-state index in [4.69, 9.17) is 11.6 Å². The molecule has 0 N–H and O–H groups in total. The molecular formula is C22H16ClN5O. The second-order valence-corrected chi connectivity index (χ2v) is 7.28. The number of nitrogens with zero attached hydrogens (tertiary/aromatic N) is 5. The molecule has 1 amide bonds. The van der Waals surface area contributed by atoms with Crippen molar-refractivity contribution in [2.75, 3.05) is 0 Å². The van der Waals surface area contributed by atoms with Crippen LogP contribution < -0.4 is 0 Å². The molecule has 142 valence electrons. The van der Waals surface area contributed by atoms with Crippen LogP contribution in [0.2, 0.25) is 5.02 Å². The SMILES string of the molecule is O=C1c2ccccc2-n2nnnc2C(c2ccc(Cl)cc2)N1Cc1ccccc1. The van der Waals surface area contributed by atoms with Gasteiger partial charge in [0.25, 0.3) is 5.91 Å². The lowest BCUT2D eigenvalue weighted by Crippen LogP contribution is -2.34. The molecule has 0 saturated heterocycles. The van der Waals surface area contributed by atoms with Crippen LogP contribution in [0.3, 0.4) is 0 Å². The minimum Gasteiger partial charge on any atom is -0.320 e. The minimum atomic E-state index is -0.456. The largest absolute Gasteiger partial charge is 0.320 e. The highest BCUT2D eigenvalue weighted by molar-refractivity contribution is 6.30. The predicted octanol–water partition coefficient (Wildman–Crippen LogP) is 4.06. The second-order valence-electron chi connectivity index (χ2n) is 6.84. The van der Waals surface area contributed by atoms with Crippen molar-refractivity contribution in [1.29, 1.82) is 0 Å². The zero-order valence-electron chi connectivity index (χ0n) is 15.3. The number of hydrogen-bond acceptors (Lipinski definition) is 4. The van der Waals surface area contributed by atoms with Crippen LogP contribution >= 0.6 is 11.6 Å². The van der Waals surface area contributed by atoms with Gasteiger partial charge >= 0.3 is 0 Å². The molecule has 1 atom stereocenters. The molecule has 2 heterocycles. The Bertz CT molecular complexity index is 1170. The van der Waals surface area contributed by atoms with Crippen molar-refractivity contribution in [3.63, 3.8) is 0 Å². The van der Waals surface area contributed by atoms with Crippen molar-refractivity contribution in [3.8, 4) is 5.69 Å². The molecule has 0 saturated carbocycles. The fourth-order valence-electron chi connectivity index (χ4n) is 3.70. The van der Waals surface area contributed by atoms with Gasteiger partial charge in [-0.2, -0.15) is 4.68 Å². The molecule has 1 unspecified atom stereocenters. The third kappa shape index (κ3) is 3.07. The highest BCUT2D eigenvalue weighted by Crippen LogP contribution is 2.35. The fraction of sp³-hybridized carbons (Fsp3) is 0.0909. The second kappa shape index (κ2) is 7.14. The molecular weight excluding hydrogens is 386 g/mol. The Hall–Kier alpha value is -3.51. The van der Waals surface area contributed by atoms with Gasteiger partial charge < -0.3 is 4.90 Å². The number of carbonyl (C=O) groups is 1. The maximum absolute atomic E-state index is 13.7. The number of aromatic nitrogens is 4. The van der Waals surface area contributed by atoms with E-state index >= 15 is 0 Å². The number of hydrogen-bond donors (Lipinski definition) is 0. The Morgan fingerprint density at radius 3 is 2.41 bits per heavy atom. The van der Waals surface area contributed by atoms with E-state index in [9.17, 15) is 4.79 Å². The van der Waals surface area contributed by atoms with Gasteiger partial charge in [-0.3, -0.25) is 4.79 Å². The average molecular weight is 402 g/mol. The summed E-state index contributed by atoms with van der Waals surface area (Å²) in [7, 11) is 0. The van der Waals surface area contributed by atoms with Crippen LogP contribution in [0.1, 0.15) is 33.4 Å². The van der Waals surface area contributed by atoms with E-state index in [1.807, 2.05) is 83.8 Å². The first kappa shape index (κ1) is 17.6. The van der Waals surface area contributed by atoms with Crippen molar-refractivity contribution in [1.82, 2.24) is 25.1 Å². The van der Waals surface area contributed by atoms with E-state index in [2.05, 4.69) is 15.5 Å². The van der Waals surface area contributed by atoms with Gasteiger partial charge in [0, 0.05) is 11.6 Å². The van der Waals surface area contributed by atoms with Crippen LogP contribution in [0.5, 0.6) is 0 Å². The van der Waals surface area contributed by atoms with Crippen molar-refractivity contribution in [2.45, 2.75) is 12.6 Å². The molecule has 6 nitrogen and oxygen atoms in total. The summed E-state index contributed by atoms with van der Waals surface area (Å²) < 4.78 is 1.65. The molecule has 1 aliphatic rings. The van der Waals surface area contributed by atoms with Gasteiger partial charge in [0.2, 0.25) is 0 Å². The summed E-state index contributed by atoms with van der Waals surface area (Å²) in [5, 5.41) is 13.0. The lowest BCUT2D eigenvalue weighted by Gasteiger charge is -2.29. The van der Waals surface area contributed by atoms with E-state index in [1.54, 1.807) is 4.68 Å². The Labute approximate surface area is 172 Å². The lowest BCUT2D eigenvalue weighted by atomic mass is 10.0. The van der Waals surface area contributed by atoms with E-state index in [-0.39, 0.29) is 5.91 Å². The van der Waals surface area contributed by atoms with Crippen molar-refractivity contribution < 1.29 is 4.79 Å². The summed E-state index contributed by atoms with van der Waals surface area (Å²) in [5.41, 5.74) is 3.15. The molecule has 1 aliphatic heterocycles. The van der Waals surface area contributed by atoms with Crippen LogP contribution in [0.25, 0.3) is 5.69 Å². The van der Waals surface area contributed by atoms with E-state index < -0.39 is 6.04 Å². The molecule has 0 fully saturated rings. The van der Waals surface area contributed by atoms with Crippen LogP contribution in [0.15, 0.2) is 78.9 Å². The van der Waals surface area contributed by atoms with Gasteiger partial charge in [-0.1, -0.05) is 66.2 Å². The van der Waals surface area contributed by atoms with Gasteiger partial charge in [-0.15, -0.1) is 5.10 Å². The smallest absolute Gasteiger partial charge is 0.257 e. The number of tetrazole rings is 1. The van der Waals surface area contributed by atoms with Crippen molar-refractivity contribution >= 4 is 17.5 Å². The Morgan fingerprint density at radius 2 is 1.62 bits per heavy atom. The third-order valence-corrected chi connectivity index (χ3v) is 5.31. The molecule has 0 radical (unpaired) electrons. The highest BCUT2D eigenvalue weighted by Gasteiger charge is 2.37. The zero-order chi connectivity index (χ0) is 19.8. The Balaban J connectivity index is 1.73. The first-order valence-corrected chi connectivity index (χ1v) is 9.58. The molecule has 0 bridgehead atoms. The van der Waals surface area contributed by atoms with E-state index in [1.165, 1.54) is 0 Å². The quantitative estimate of drug-likeness (QED) is 0.519. The maximum Gasteiger partial charge on any atom is 0.257 e. The topological polar surface area (TPSA) is 63.9 Å². The van der Waals surface area contributed by atoms with Crippen molar-refractivity contribution in [2.24, 2.45) is 0 Å². The van der Waals surface area contributed by atoms with Crippen LogP contribution in [-0.4, -0.2) is 31.0 Å². The van der Waals surface area contributed by atoms with E-state index in [0.717, 1.165) is 11.1 Å². The van der Waals surface area contributed by atoms with Gasteiger partial charge in [-0.25, -0.2) is 0 Å². The molecule has 29 heavy (non-hydrogen) atoms. The third-order valence-electron chi connectivity index (χ3n) is 5.05. The van der Waals surface area contributed by atoms with Crippen LogP contribution in [-0.2, 0) is 6.54 Å². The minimum absolute atomic E-state index is 0.0864. The zero-order valence-corrected chi connectivity index (χ0v) is 16.1. The van der Waals surface area contributed by atoms with Gasteiger partial charge in [0.15, 0.2) is 5.82 Å². The first-order valence-electron chi connectivity index (χ1n) is 9.20. The molecule has 3 aromatic carbocycles. The number of rotatable bonds is 3. The lowest BCUT2D eigenvalue weighted by molar-refractivity contribution is 0.0690. The van der Waals surface area contributed by atoms with Gasteiger partial charge in [0.05, 0.1) is 11.3 Å². The molecule has 1 aromatic heterocycles. The van der Waals surface area contributed by atoms with Crippen LogP contribution in [0.4, 0.5) is 0 Å². The Kier molecular flexibility index (Phi) is 4.33. The summed E-state index contributed by atoms with van der Waals surface area (Å²) >= 11 is 6.10. The standard InChI is InChI=1S/C22H16ClN5O/c23-17-12-10-16(11-13-17)20-21-24-25-26-28(21)19-9-5-4-8-18(19)22(29)27(20)14-15-6-2-1-3-7-15/h1-13,20H,14H2. The summed E-state index contributed by atoms with van der Waals surface area (Å²) in [6, 6.07) is 24.3. The number of benzene rings is 3. The van der Waals surface area contributed by atoms with Crippen molar-refractivity contribution in [3.05, 3.63) is 106 Å². The van der Waals surface area contributed by atoms with E-state index in [0.29, 0.717) is 28.6 Å².